The molecule has 0 amide bonds. The Kier molecular flexibility index (Phi) is 4.19. The molecule has 1 aromatic carbocycles. The van der Waals surface area contributed by atoms with Gasteiger partial charge in [0.15, 0.2) is 0 Å². The van der Waals surface area contributed by atoms with Gasteiger partial charge in [-0.3, -0.25) is 0 Å². The maximum Gasteiger partial charge on any atom is 0.216 e. The molecule has 102 valence electrons. The van der Waals surface area contributed by atoms with Crippen LogP contribution in [0.5, 0.6) is 0 Å². The van der Waals surface area contributed by atoms with Crippen molar-refractivity contribution in [2.75, 3.05) is 13.9 Å². The third-order valence-corrected chi connectivity index (χ3v) is 2.69. The molecule has 0 saturated carbocycles. The third kappa shape index (κ3) is 3.14. The summed E-state index contributed by atoms with van der Waals surface area (Å²) in [6.45, 7) is 0.141. The number of aryl methyl sites for hydroxylation is 1. The second-order valence-corrected chi connectivity index (χ2v) is 4.04. The molecule has 1 aromatic heterocycles. The van der Waals surface area contributed by atoms with E-state index in [0.717, 1.165) is 16.5 Å². The fourth-order valence-electron chi connectivity index (χ4n) is 1.74. The summed E-state index contributed by atoms with van der Waals surface area (Å²) in [7, 11) is 1.55. The molecule has 7 heteroatoms. The number of hydrogen-bond donors (Lipinski definition) is 2. The van der Waals surface area contributed by atoms with Crippen LogP contribution < -0.4 is 10.6 Å². The van der Waals surface area contributed by atoms with Gasteiger partial charge in [0.2, 0.25) is 6.79 Å². The molecule has 0 saturated heterocycles. The number of nitrogens with two attached hydrogens (primary N) is 1. The lowest BCUT2D eigenvalue weighted by atomic mass is 10.1. The van der Waals surface area contributed by atoms with Crippen molar-refractivity contribution in [2.45, 2.75) is 12.8 Å². The molecule has 0 aliphatic heterocycles. The maximum absolute atomic E-state index is 8.49. The minimum absolute atomic E-state index is 0.141. The van der Waals surface area contributed by atoms with Crippen molar-refractivity contribution in [3.8, 4) is 0 Å². The molecule has 0 atom stereocenters. The Morgan fingerprint density at radius 3 is 3.11 bits per heavy atom. The van der Waals surface area contributed by atoms with Gasteiger partial charge < -0.3 is 20.5 Å². The van der Waals surface area contributed by atoms with Crippen LogP contribution in [-0.4, -0.2) is 34.9 Å². The van der Waals surface area contributed by atoms with Crippen LogP contribution in [0.1, 0.15) is 12.0 Å². The molecule has 19 heavy (non-hydrogen) atoms. The monoisotopic (exact) mass is 264 g/mol. The summed E-state index contributed by atoms with van der Waals surface area (Å²) in [6, 6.07) is 5.88. The molecule has 2 rings (SSSR count). The molecular weight excluding hydrogens is 248 g/mol. The van der Waals surface area contributed by atoms with Crippen molar-refractivity contribution in [2.24, 2.45) is 10.9 Å². The number of fused-ring (bicyclic) bond motifs is 1. The SMILES string of the molecule is COCOn1ncc2cc(CCC(N)=NO)ccc21. The molecule has 0 spiro atoms. The third-order valence-electron chi connectivity index (χ3n) is 2.69. The molecule has 0 aliphatic rings. The summed E-state index contributed by atoms with van der Waals surface area (Å²) in [5.41, 5.74) is 7.40. The van der Waals surface area contributed by atoms with E-state index in [4.69, 9.17) is 20.5 Å². The van der Waals surface area contributed by atoms with Gasteiger partial charge >= 0.3 is 0 Å². The fraction of sp³-hybridized carbons (Fsp3) is 0.333. The van der Waals surface area contributed by atoms with Crippen LogP contribution in [0.2, 0.25) is 0 Å². The molecule has 1 heterocycles. The van der Waals surface area contributed by atoms with Gasteiger partial charge in [-0.15, -0.1) is 5.10 Å². The fourth-order valence-corrected chi connectivity index (χ4v) is 1.74. The van der Waals surface area contributed by atoms with Crippen LogP contribution in [0.25, 0.3) is 10.9 Å². The van der Waals surface area contributed by atoms with Crippen LogP contribution in [0.15, 0.2) is 29.6 Å². The Labute approximate surface area is 110 Å². The first kappa shape index (κ1) is 13.2. The molecule has 7 nitrogen and oxygen atoms in total. The van der Waals surface area contributed by atoms with E-state index in [9.17, 15) is 0 Å². The minimum Gasteiger partial charge on any atom is -0.409 e. The Bertz CT molecular complexity index is 579. The van der Waals surface area contributed by atoms with Crippen molar-refractivity contribution < 1.29 is 14.8 Å². The average molecular weight is 264 g/mol. The zero-order chi connectivity index (χ0) is 13.7. The Hall–Kier alpha value is -2.28. The highest BCUT2D eigenvalue weighted by molar-refractivity contribution is 5.81. The largest absolute Gasteiger partial charge is 0.409 e. The summed E-state index contributed by atoms with van der Waals surface area (Å²) in [4.78, 5) is 6.70. The van der Waals surface area contributed by atoms with E-state index >= 15 is 0 Å². The highest BCUT2D eigenvalue weighted by Gasteiger charge is 2.05. The van der Waals surface area contributed by atoms with Crippen LogP contribution >= 0.6 is 0 Å². The zero-order valence-corrected chi connectivity index (χ0v) is 10.6. The predicted molar refractivity (Wildman–Crippen MR) is 69.9 cm³/mol. The van der Waals surface area contributed by atoms with Gasteiger partial charge in [-0.25, -0.2) is 0 Å². The average Bonchev–Trinajstić information content (AvgIpc) is 2.84. The van der Waals surface area contributed by atoms with Gasteiger partial charge in [0.25, 0.3) is 0 Å². The predicted octanol–water partition coefficient (Wildman–Crippen LogP) is 0.748. The normalized spacial score (nSPS) is 11.9. The number of amidine groups is 1. The molecule has 0 bridgehead atoms. The van der Waals surface area contributed by atoms with E-state index in [-0.39, 0.29) is 12.6 Å². The second-order valence-electron chi connectivity index (χ2n) is 4.04. The van der Waals surface area contributed by atoms with Crippen LogP contribution in [0.4, 0.5) is 0 Å². The number of hydrogen-bond acceptors (Lipinski definition) is 5. The van der Waals surface area contributed by atoms with Crippen molar-refractivity contribution in [3.05, 3.63) is 30.0 Å². The van der Waals surface area contributed by atoms with E-state index < -0.39 is 0 Å². The summed E-state index contributed by atoms with van der Waals surface area (Å²) in [5.74, 6) is 0.221. The first-order chi connectivity index (χ1) is 9.24. The topological polar surface area (TPSA) is 94.9 Å². The van der Waals surface area contributed by atoms with Crippen molar-refractivity contribution in [1.82, 2.24) is 9.94 Å². The number of oxime groups is 1. The summed E-state index contributed by atoms with van der Waals surface area (Å²) < 4.78 is 4.83. The highest BCUT2D eigenvalue weighted by atomic mass is 16.8. The number of rotatable bonds is 6. The van der Waals surface area contributed by atoms with Crippen LogP contribution in [-0.2, 0) is 11.2 Å². The quantitative estimate of drug-likeness (QED) is 0.264. The van der Waals surface area contributed by atoms with E-state index in [1.165, 1.54) is 4.85 Å². The number of benzene rings is 1. The van der Waals surface area contributed by atoms with Crippen LogP contribution in [0.3, 0.4) is 0 Å². The van der Waals surface area contributed by atoms with Crippen molar-refractivity contribution >= 4 is 16.7 Å². The maximum atomic E-state index is 8.49. The lowest BCUT2D eigenvalue weighted by Gasteiger charge is -2.05. The Balaban J connectivity index is 2.13. The molecule has 0 unspecified atom stereocenters. The number of ether oxygens (including phenoxy) is 1. The standard InChI is InChI=1S/C12H16N4O3/c1-18-8-19-16-11-4-2-9(3-5-12(13)15-17)6-10(11)7-14-16/h2,4,6-7,17H,3,5,8H2,1H3,(H2,13,15). The summed E-state index contributed by atoms with van der Waals surface area (Å²) in [5, 5.41) is 16.5. The number of nitrogens with zero attached hydrogens (tertiary/aromatic N) is 3. The van der Waals surface area contributed by atoms with Crippen molar-refractivity contribution in [3.63, 3.8) is 0 Å². The number of aromatic nitrogens is 2. The Morgan fingerprint density at radius 2 is 2.37 bits per heavy atom. The molecule has 0 fully saturated rings. The van der Waals surface area contributed by atoms with Gasteiger partial charge in [-0.2, -0.15) is 0 Å². The summed E-state index contributed by atoms with van der Waals surface area (Å²) >= 11 is 0. The van der Waals surface area contributed by atoms with Gasteiger partial charge in [-0.1, -0.05) is 16.1 Å². The van der Waals surface area contributed by atoms with Gasteiger partial charge in [-0.05, 0) is 24.1 Å². The second kappa shape index (κ2) is 6.05. The van der Waals surface area contributed by atoms with E-state index in [0.29, 0.717) is 12.8 Å². The van der Waals surface area contributed by atoms with Crippen molar-refractivity contribution in [1.29, 1.82) is 0 Å². The zero-order valence-electron chi connectivity index (χ0n) is 10.6. The lowest BCUT2D eigenvalue weighted by molar-refractivity contribution is -0.0464. The molecule has 0 aliphatic carbocycles. The van der Waals surface area contributed by atoms with E-state index in [1.54, 1.807) is 13.3 Å². The summed E-state index contributed by atoms with van der Waals surface area (Å²) in [6.07, 6.45) is 2.93. The Morgan fingerprint density at radius 1 is 1.53 bits per heavy atom. The number of methoxy groups -OCH3 is 1. The molecule has 0 radical (unpaired) electrons. The first-order valence-electron chi connectivity index (χ1n) is 5.80. The van der Waals surface area contributed by atoms with Crippen LogP contribution in [0, 0.1) is 0 Å². The van der Waals surface area contributed by atoms with Gasteiger partial charge in [0, 0.05) is 18.9 Å². The van der Waals surface area contributed by atoms with Gasteiger partial charge in [0.05, 0.1) is 6.20 Å². The first-order valence-corrected chi connectivity index (χ1v) is 5.80. The lowest BCUT2D eigenvalue weighted by Crippen LogP contribution is -2.15. The molecule has 2 aromatic rings. The molecule has 3 N–H and O–H groups in total. The van der Waals surface area contributed by atoms with E-state index in [1.807, 2.05) is 18.2 Å². The molecular formula is C12H16N4O3. The minimum atomic E-state index is 0.141. The van der Waals surface area contributed by atoms with Gasteiger partial charge in [0.1, 0.15) is 11.4 Å². The smallest absolute Gasteiger partial charge is 0.216 e. The van der Waals surface area contributed by atoms with E-state index in [2.05, 4.69) is 10.3 Å². The highest BCUT2D eigenvalue weighted by Crippen LogP contribution is 2.16.